The summed E-state index contributed by atoms with van der Waals surface area (Å²) in [6, 6.07) is 9.61. The Labute approximate surface area is 192 Å². The Kier molecular flexibility index (Phi) is 8.51. The van der Waals surface area contributed by atoms with Gasteiger partial charge in [-0.15, -0.1) is 6.58 Å². The maximum atomic E-state index is 3.85. The fourth-order valence-electron chi connectivity index (χ4n) is 7.33. The fraction of sp³-hybridized carbons (Fsp3) is 0.677. The first kappa shape index (κ1) is 22.9. The zero-order valence-electron chi connectivity index (χ0n) is 20.1. The quantitative estimate of drug-likeness (QED) is 0.369. The van der Waals surface area contributed by atoms with Gasteiger partial charge in [-0.25, -0.2) is 0 Å². The standard InChI is InChI=1S/C31H46/c1-3-5-7-9-25-12-16-27(17-13-25)29-19-21-30-22-28(18-20-31(30)23-29)26-14-10-24(11-15-26)8-6-4-2/h3-5,10-11,14-15,25,27-31H,2,6-9,12-13,16-23H2,1H3/b5-3+. The lowest BCUT2D eigenvalue weighted by Gasteiger charge is -2.45. The number of rotatable bonds is 8. The van der Waals surface area contributed by atoms with Crippen molar-refractivity contribution < 1.29 is 0 Å². The fourth-order valence-corrected chi connectivity index (χ4v) is 7.33. The van der Waals surface area contributed by atoms with Gasteiger partial charge in [0.05, 0.1) is 0 Å². The molecule has 0 bridgehead atoms. The predicted molar refractivity (Wildman–Crippen MR) is 135 cm³/mol. The molecule has 0 amide bonds. The number of allylic oxidation sites excluding steroid dienone is 3. The lowest BCUT2D eigenvalue weighted by Crippen LogP contribution is -2.34. The van der Waals surface area contributed by atoms with Crippen LogP contribution in [0.1, 0.15) is 107 Å². The summed E-state index contributed by atoms with van der Waals surface area (Å²) in [5.74, 6) is 5.99. The Balaban J connectivity index is 1.23. The van der Waals surface area contributed by atoms with E-state index in [1.165, 1.54) is 76.2 Å². The second-order valence-electron chi connectivity index (χ2n) is 11.1. The average molecular weight is 419 g/mol. The van der Waals surface area contributed by atoms with E-state index < -0.39 is 0 Å². The smallest absolute Gasteiger partial charge is 0.0159 e. The lowest BCUT2D eigenvalue weighted by molar-refractivity contribution is 0.0713. The van der Waals surface area contributed by atoms with Crippen molar-refractivity contribution in [3.8, 4) is 0 Å². The molecule has 1 aromatic carbocycles. The first-order valence-corrected chi connectivity index (χ1v) is 13.6. The van der Waals surface area contributed by atoms with Crippen molar-refractivity contribution >= 4 is 0 Å². The van der Waals surface area contributed by atoms with Crippen molar-refractivity contribution in [3.63, 3.8) is 0 Å². The number of hydrogen-bond acceptors (Lipinski definition) is 0. The summed E-state index contributed by atoms with van der Waals surface area (Å²) in [6.07, 6.45) is 26.6. The number of fused-ring (bicyclic) bond motifs is 1. The van der Waals surface area contributed by atoms with Crippen molar-refractivity contribution in [3.05, 3.63) is 60.2 Å². The van der Waals surface area contributed by atoms with Crippen LogP contribution in [0.3, 0.4) is 0 Å². The molecule has 0 aromatic heterocycles. The molecule has 0 aliphatic heterocycles. The summed E-state index contributed by atoms with van der Waals surface area (Å²) in [6.45, 7) is 6.01. The van der Waals surface area contributed by atoms with Gasteiger partial charge in [0.2, 0.25) is 0 Å². The maximum Gasteiger partial charge on any atom is -0.0159 e. The zero-order valence-corrected chi connectivity index (χ0v) is 20.1. The topological polar surface area (TPSA) is 0 Å². The van der Waals surface area contributed by atoms with Gasteiger partial charge in [0.1, 0.15) is 0 Å². The monoisotopic (exact) mass is 418 g/mol. The van der Waals surface area contributed by atoms with Crippen LogP contribution in [-0.2, 0) is 6.42 Å². The largest absolute Gasteiger partial charge is 0.103 e. The molecule has 31 heavy (non-hydrogen) atoms. The van der Waals surface area contributed by atoms with E-state index in [9.17, 15) is 0 Å². The molecule has 0 saturated heterocycles. The van der Waals surface area contributed by atoms with Crippen LogP contribution in [0, 0.1) is 29.6 Å². The summed E-state index contributed by atoms with van der Waals surface area (Å²) < 4.78 is 0. The molecule has 3 saturated carbocycles. The molecular formula is C31H46. The third-order valence-corrected chi connectivity index (χ3v) is 9.28. The highest BCUT2D eigenvalue weighted by molar-refractivity contribution is 5.26. The molecule has 0 radical (unpaired) electrons. The average Bonchev–Trinajstić information content (AvgIpc) is 2.83. The van der Waals surface area contributed by atoms with Gasteiger partial charge in [-0.2, -0.15) is 0 Å². The minimum Gasteiger partial charge on any atom is -0.103 e. The molecule has 4 rings (SSSR count). The molecule has 4 unspecified atom stereocenters. The molecule has 3 aliphatic rings. The van der Waals surface area contributed by atoms with E-state index in [1.807, 2.05) is 6.08 Å². The van der Waals surface area contributed by atoms with Gasteiger partial charge in [-0.05, 0) is 131 Å². The van der Waals surface area contributed by atoms with E-state index in [-0.39, 0.29) is 0 Å². The summed E-state index contributed by atoms with van der Waals surface area (Å²) in [5.41, 5.74) is 3.08. The van der Waals surface area contributed by atoms with Gasteiger partial charge in [0.15, 0.2) is 0 Å². The van der Waals surface area contributed by atoms with Gasteiger partial charge in [-0.3, -0.25) is 0 Å². The Morgan fingerprint density at radius 3 is 2.13 bits per heavy atom. The highest BCUT2D eigenvalue weighted by Crippen LogP contribution is 2.51. The van der Waals surface area contributed by atoms with Gasteiger partial charge >= 0.3 is 0 Å². The molecule has 0 heteroatoms. The molecule has 0 N–H and O–H groups in total. The van der Waals surface area contributed by atoms with Crippen molar-refractivity contribution in [2.24, 2.45) is 29.6 Å². The molecule has 3 fully saturated rings. The second kappa shape index (κ2) is 11.5. The van der Waals surface area contributed by atoms with Gasteiger partial charge in [0.25, 0.3) is 0 Å². The van der Waals surface area contributed by atoms with Crippen LogP contribution >= 0.6 is 0 Å². The van der Waals surface area contributed by atoms with E-state index in [0.29, 0.717) is 0 Å². The van der Waals surface area contributed by atoms with E-state index in [1.54, 1.807) is 12.0 Å². The van der Waals surface area contributed by atoms with E-state index >= 15 is 0 Å². The molecule has 1 aromatic rings. The summed E-state index contributed by atoms with van der Waals surface area (Å²) in [5, 5.41) is 0. The van der Waals surface area contributed by atoms with Crippen LogP contribution < -0.4 is 0 Å². The SMILES string of the molecule is C=CCCc1ccc(C2CCC3CC(C4CCC(CC/C=C/C)CC4)CCC3C2)cc1. The Morgan fingerprint density at radius 1 is 0.774 bits per heavy atom. The van der Waals surface area contributed by atoms with Crippen molar-refractivity contribution in [1.29, 1.82) is 0 Å². The lowest BCUT2D eigenvalue weighted by atomic mass is 9.60. The molecule has 0 heterocycles. The highest BCUT2D eigenvalue weighted by atomic mass is 14.4. The number of benzene rings is 1. The Bertz CT molecular complexity index is 687. The molecular weight excluding hydrogens is 372 g/mol. The van der Waals surface area contributed by atoms with Gasteiger partial charge in [0, 0.05) is 0 Å². The van der Waals surface area contributed by atoms with Crippen LogP contribution in [0.15, 0.2) is 49.1 Å². The third kappa shape index (κ3) is 6.15. The molecule has 170 valence electrons. The summed E-state index contributed by atoms with van der Waals surface area (Å²) in [7, 11) is 0. The first-order valence-electron chi connectivity index (χ1n) is 13.6. The van der Waals surface area contributed by atoms with Crippen LogP contribution in [0.25, 0.3) is 0 Å². The minimum atomic E-state index is 0.818. The third-order valence-electron chi connectivity index (χ3n) is 9.28. The van der Waals surface area contributed by atoms with Crippen molar-refractivity contribution in [2.45, 2.75) is 103 Å². The predicted octanol–water partition coefficient (Wildman–Crippen LogP) is 9.27. The summed E-state index contributed by atoms with van der Waals surface area (Å²) in [4.78, 5) is 0. The van der Waals surface area contributed by atoms with Crippen LogP contribution in [0.4, 0.5) is 0 Å². The number of hydrogen-bond donors (Lipinski definition) is 0. The van der Waals surface area contributed by atoms with Gasteiger partial charge < -0.3 is 0 Å². The Morgan fingerprint density at radius 2 is 1.42 bits per heavy atom. The molecule has 0 spiro atoms. The zero-order chi connectivity index (χ0) is 21.5. The van der Waals surface area contributed by atoms with Crippen molar-refractivity contribution in [1.82, 2.24) is 0 Å². The molecule has 4 atom stereocenters. The van der Waals surface area contributed by atoms with Gasteiger partial charge in [-0.1, -0.05) is 55.3 Å². The highest BCUT2D eigenvalue weighted by Gasteiger charge is 2.38. The minimum absolute atomic E-state index is 0.818. The maximum absolute atomic E-state index is 3.85. The van der Waals surface area contributed by atoms with Crippen molar-refractivity contribution in [2.75, 3.05) is 0 Å². The van der Waals surface area contributed by atoms with Crippen LogP contribution in [0.5, 0.6) is 0 Å². The molecule has 3 aliphatic carbocycles. The summed E-state index contributed by atoms with van der Waals surface area (Å²) >= 11 is 0. The van der Waals surface area contributed by atoms with Crippen LogP contribution in [0.2, 0.25) is 0 Å². The number of aryl methyl sites for hydroxylation is 1. The van der Waals surface area contributed by atoms with E-state index in [2.05, 4.69) is 49.9 Å². The second-order valence-corrected chi connectivity index (χ2v) is 11.1. The first-order chi connectivity index (χ1) is 15.3. The normalized spacial score (nSPS) is 33.8. The van der Waals surface area contributed by atoms with E-state index in [0.717, 1.165) is 48.3 Å². The van der Waals surface area contributed by atoms with E-state index in [4.69, 9.17) is 0 Å². The molecule has 0 nitrogen and oxygen atoms in total. The van der Waals surface area contributed by atoms with Crippen LogP contribution in [-0.4, -0.2) is 0 Å². The Hall–Kier alpha value is -1.30.